The molecule has 1 amide bonds. The van der Waals surface area contributed by atoms with Gasteiger partial charge in [-0.3, -0.25) is 9.79 Å². The molecule has 144 valence electrons. The van der Waals surface area contributed by atoms with Gasteiger partial charge in [0.2, 0.25) is 5.91 Å². The van der Waals surface area contributed by atoms with Gasteiger partial charge in [0.05, 0.1) is 6.54 Å². The van der Waals surface area contributed by atoms with E-state index in [0.29, 0.717) is 32.0 Å². The molecule has 1 atom stereocenters. The fourth-order valence-corrected chi connectivity index (χ4v) is 3.16. The number of hydrogen-bond acceptors (Lipinski definition) is 3. The molecule has 1 fully saturated rings. The summed E-state index contributed by atoms with van der Waals surface area (Å²) in [5, 5.41) is 3.27. The molecule has 1 unspecified atom stereocenters. The Balaban J connectivity index is 1.66. The summed E-state index contributed by atoms with van der Waals surface area (Å²) in [6, 6.07) is 9.77. The predicted octanol–water partition coefficient (Wildman–Crippen LogP) is 2.22. The summed E-state index contributed by atoms with van der Waals surface area (Å²) < 4.78 is 5.72. The van der Waals surface area contributed by atoms with Gasteiger partial charge in [-0.05, 0) is 30.9 Å². The molecular weight excluding hydrogens is 328 g/mol. The van der Waals surface area contributed by atoms with Gasteiger partial charge in [-0.15, -0.1) is 0 Å². The Morgan fingerprint density at radius 2 is 2.15 bits per heavy atom. The van der Waals surface area contributed by atoms with Crippen molar-refractivity contribution in [3.8, 4) is 5.75 Å². The number of benzene rings is 1. The number of likely N-dealkylation sites (tertiary alicyclic amines) is 1. The van der Waals surface area contributed by atoms with Crippen LogP contribution in [0.3, 0.4) is 0 Å². The van der Waals surface area contributed by atoms with Gasteiger partial charge in [-0.1, -0.05) is 25.1 Å². The lowest BCUT2D eigenvalue weighted by Gasteiger charge is -2.31. The molecule has 6 heteroatoms. The van der Waals surface area contributed by atoms with Crippen molar-refractivity contribution in [1.29, 1.82) is 0 Å². The van der Waals surface area contributed by atoms with Gasteiger partial charge in [0.1, 0.15) is 12.4 Å². The third-order valence-corrected chi connectivity index (χ3v) is 4.64. The predicted molar refractivity (Wildman–Crippen MR) is 106 cm³/mol. The summed E-state index contributed by atoms with van der Waals surface area (Å²) in [7, 11) is 3.73. The van der Waals surface area contributed by atoms with E-state index in [-0.39, 0.29) is 5.91 Å². The highest BCUT2D eigenvalue weighted by molar-refractivity contribution is 5.81. The first-order chi connectivity index (χ1) is 12.6. The zero-order chi connectivity index (χ0) is 18.8. The number of amides is 1. The van der Waals surface area contributed by atoms with Crippen LogP contribution in [0.2, 0.25) is 0 Å². The maximum absolute atomic E-state index is 12.3. The minimum atomic E-state index is 0.231. The molecule has 6 nitrogen and oxygen atoms in total. The van der Waals surface area contributed by atoms with Crippen LogP contribution in [0.5, 0.6) is 5.75 Å². The number of nitrogens with one attached hydrogen (secondary N) is 1. The van der Waals surface area contributed by atoms with Gasteiger partial charge in [-0.25, -0.2) is 0 Å². The van der Waals surface area contributed by atoms with E-state index >= 15 is 0 Å². The molecule has 1 N–H and O–H groups in total. The summed E-state index contributed by atoms with van der Waals surface area (Å²) >= 11 is 0. The largest absolute Gasteiger partial charge is 0.492 e. The first kappa shape index (κ1) is 20.1. The molecule has 0 aliphatic carbocycles. The maximum Gasteiger partial charge on any atom is 0.224 e. The summed E-state index contributed by atoms with van der Waals surface area (Å²) in [4.78, 5) is 20.6. The highest BCUT2D eigenvalue weighted by Gasteiger charge is 2.20. The fraction of sp³-hybridized carbons (Fsp3) is 0.600. The van der Waals surface area contributed by atoms with Crippen molar-refractivity contribution in [2.45, 2.75) is 26.2 Å². The van der Waals surface area contributed by atoms with Crippen LogP contribution >= 0.6 is 0 Å². The highest BCUT2D eigenvalue weighted by Crippen LogP contribution is 2.15. The van der Waals surface area contributed by atoms with Crippen molar-refractivity contribution in [3.63, 3.8) is 0 Å². The number of ether oxygens (including phenoxy) is 1. The SMILES string of the molecule is CN=C(NCCC(=O)N1CCCC(C)C1)N(C)CCOc1ccccc1. The molecule has 0 bridgehead atoms. The Labute approximate surface area is 157 Å². The van der Waals surface area contributed by atoms with Gasteiger partial charge < -0.3 is 19.9 Å². The summed E-state index contributed by atoms with van der Waals surface area (Å²) in [6.45, 7) is 5.89. The van der Waals surface area contributed by atoms with E-state index < -0.39 is 0 Å². The van der Waals surface area contributed by atoms with Crippen LogP contribution in [0.1, 0.15) is 26.2 Å². The molecule has 1 heterocycles. The van der Waals surface area contributed by atoms with Crippen LogP contribution in [0.15, 0.2) is 35.3 Å². The Morgan fingerprint density at radius 3 is 2.85 bits per heavy atom. The molecule has 0 radical (unpaired) electrons. The average molecular weight is 361 g/mol. The topological polar surface area (TPSA) is 57.2 Å². The number of hydrogen-bond donors (Lipinski definition) is 1. The van der Waals surface area contributed by atoms with Gasteiger partial charge in [0.25, 0.3) is 0 Å². The van der Waals surface area contributed by atoms with Crippen molar-refractivity contribution < 1.29 is 9.53 Å². The lowest BCUT2D eigenvalue weighted by atomic mass is 10.00. The number of nitrogens with zero attached hydrogens (tertiary/aromatic N) is 3. The molecule has 1 aliphatic rings. The number of likely N-dealkylation sites (N-methyl/N-ethyl adjacent to an activating group) is 1. The standard InChI is InChI=1S/C20H32N4O2/c1-17-8-7-13-24(16-17)19(25)11-12-22-20(21-2)23(3)14-15-26-18-9-5-4-6-10-18/h4-6,9-10,17H,7-8,11-16H2,1-3H3,(H,21,22). The molecule has 1 aliphatic heterocycles. The number of carbonyl (C=O) groups is 1. The van der Waals surface area contributed by atoms with E-state index in [1.165, 1.54) is 6.42 Å². The molecule has 26 heavy (non-hydrogen) atoms. The summed E-state index contributed by atoms with van der Waals surface area (Å²) in [6.07, 6.45) is 2.84. The van der Waals surface area contributed by atoms with E-state index in [0.717, 1.165) is 31.2 Å². The van der Waals surface area contributed by atoms with Crippen molar-refractivity contribution >= 4 is 11.9 Å². The number of para-hydroxylation sites is 1. The normalized spacial score (nSPS) is 17.7. The Kier molecular flexibility index (Phi) is 8.25. The Bertz CT molecular complexity index is 576. The van der Waals surface area contributed by atoms with Crippen LogP contribution < -0.4 is 10.1 Å². The van der Waals surface area contributed by atoms with Crippen molar-refractivity contribution in [2.24, 2.45) is 10.9 Å². The van der Waals surface area contributed by atoms with Gasteiger partial charge in [0, 0.05) is 40.2 Å². The second kappa shape index (κ2) is 10.7. The molecule has 0 saturated carbocycles. The molecular formula is C20H32N4O2. The monoisotopic (exact) mass is 360 g/mol. The second-order valence-electron chi connectivity index (χ2n) is 6.89. The zero-order valence-electron chi connectivity index (χ0n) is 16.3. The van der Waals surface area contributed by atoms with Gasteiger partial charge in [0.15, 0.2) is 5.96 Å². The number of guanidine groups is 1. The van der Waals surface area contributed by atoms with Crippen LogP contribution in [0.4, 0.5) is 0 Å². The average Bonchev–Trinajstić information content (AvgIpc) is 2.66. The lowest BCUT2D eigenvalue weighted by Crippen LogP contribution is -2.43. The number of aliphatic imine (C=N–C) groups is 1. The molecule has 1 aromatic rings. The lowest BCUT2D eigenvalue weighted by molar-refractivity contribution is -0.132. The van der Waals surface area contributed by atoms with Crippen molar-refractivity contribution in [1.82, 2.24) is 15.1 Å². The first-order valence-corrected chi connectivity index (χ1v) is 9.47. The highest BCUT2D eigenvalue weighted by atomic mass is 16.5. The zero-order valence-corrected chi connectivity index (χ0v) is 16.3. The number of piperidine rings is 1. The third kappa shape index (κ3) is 6.58. The second-order valence-corrected chi connectivity index (χ2v) is 6.89. The third-order valence-electron chi connectivity index (χ3n) is 4.64. The van der Waals surface area contributed by atoms with Crippen LogP contribution in [0, 0.1) is 5.92 Å². The van der Waals surface area contributed by atoms with Crippen LogP contribution in [0.25, 0.3) is 0 Å². The minimum Gasteiger partial charge on any atom is -0.492 e. The summed E-state index contributed by atoms with van der Waals surface area (Å²) in [5.41, 5.74) is 0. The quantitative estimate of drug-likeness (QED) is 0.598. The Hall–Kier alpha value is -2.24. The number of carbonyl (C=O) groups excluding carboxylic acids is 1. The van der Waals surface area contributed by atoms with Gasteiger partial charge in [-0.2, -0.15) is 0 Å². The van der Waals surface area contributed by atoms with E-state index in [9.17, 15) is 4.79 Å². The maximum atomic E-state index is 12.3. The minimum absolute atomic E-state index is 0.231. The van der Waals surface area contributed by atoms with Crippen LogP contribution in [-0.4, -0.2) is 68.5 Å². The number of rotatable bonds is 7. The molecule has 1 aromatic carbocycles. The fourth-order valence-electron chi connectivity index (χ4n) is 3.16. The molecule has 1 saturated heterocycles. The molecule has 2 rings (SSSR count). The Morgan fingerprint density at radius 1 is 1.38 bits per heavy atom. The van der Waals surface area contributed by atoms with Gasteiger partial charge >= 0.3 is 0 Å². The van der Waals surface area contributed by atoms with Crippen molar-refractivity contribution in [2.75, 3.05) is 46.9 Å². The first-order valence-electron chi connectivity index (χ1n) is 9.47. The molecule has 0 aromatic heterocycles. The van der Waals surface area contributed by atoms with Crippen molar-refractivity contribution in [3.05, 3.63) is 30.3 Å². The van der Waals surface area contributed by atoms with E-state index in [4.69, 9.17) is 4.74 Å². The van der Waals surface area contributed by atoms with E-state index in [1.807, 2.05) is 47.2 Å². The smallest absolute Gasteiger partial charge is 0.224 e. The van der Waals surface area contributed by atoms with Crippen LogP contribution in [-0.2, 0) is 4.79 Å². The van der Waals surface area contributed by atoms with E-state index in [2.05, 4.69) is 17.2 Å². The molecule has 0 spiro atoms. The summed E-state index contributed by atoms with van der Waals surface area (Å²) in [5.74, 6) is 2.49. The van der Waals surface area contributed by atoms with E-state index in [1.54, 1.807) is 7.05 Å².